The van der Waals surface area contributed by atoms with Gasteiger partial charge < -0.3 is 9.64 Å². The van der Waals surface area contributed by atoms with E-state index in [4.69, 9.17) is 9.88 Å². The van der Waals surface area contributed by atoms with Crippen LogP contribution in [-0.2, 0) is 14.8 Å². The number of sulfonamides is 1. The van der Waals surface area contributed by atoms with E-state index >= 15 is 0 Å². The van der Waals surface area contributed by atoms with Crippen molar-refractivity contribution in [1.29, 1.82) is 0 Å². The number of halogens is 1. The minimum atomic E-state index is -3.59. The molecule has 1 saturated heterocycles. The fourth-order valence-corrected chi connectivity index (χ4v) is 3.60. The molecule has 1 fully saturated rings. The molecule has 7 nitrogen and oxygen atoms in total. The number of hydrogen-bond donors (Lipinski definition) is 1. The number of nitrogens with two attached hydrogens (primary N) is 1. The lowest BCUT2D eigenvalue weighted by Gasteiger charge is -2.32. The van der Waals surface area contributed by atoms with Crippen LogP contribution in [0.3, 0.4) is 0 Å². The summed E-state index contributed by atoms with van der Waals surface area (Å²) in [5, 5.41) is 4.92. The largest absolute Gasteiger partial charge is 0.494 e. The summed E-state index contributed by atoms with van der Waals surface area (Å²) in [6, 6.07) is 4.06. The van der Waals surface area contributed by atoms with Crippen molar-refractivity contribution < 1.29 is 27.1 Å². The van der Waals surface area contributed by atoms with Gasteiger partial charge in [-0.3, -0.25) is 9.59 Å². The van der Waals surface area contributed by atoms with Crippen LogP contribution in [0.15, 0.2) is 18.2 Å². The second-order valence-electron chi connectivity index (χ2n) is 6.36. The molecular weight excluding hydrogens is 363 g/mol. The van der Waals surface area contributed by atoms with E-state index in [2.05, 4.69) is 0 Å². The van der Waals surface area contributed by atoms with E-state index in [1.807, 2.05) is 0 Å². The van der Waals surface area contributed by atoms with Gasteiger partial charge in [0.25, 0.3) is 0 Å². The smallest absolute Gasteiger partial charge is 0.222 e. The Balaban J connectivity index is 1.97. The molecule has 26 heavy (non-hydrogen) atoms. The second kappa shape index (κ2) is 8.59. The molecule has 1 aliphatic heterocycles. The number of amides is 1. The summed E-state index contributed by atoms with van der Waals surface area (Å²) in [5.41, 5.74) is 0.247. The molecule has 0 radical (unpaired) electrons. The lowest BCUT2D eigenvalue weighted by atomic mass is 9.89. The van der Waals surface area contributed by atoms with Crippen LogP contribution in [-0.4, -0.2) is 51.0 Å². The summed E-state index contributed by atoms with van der Waals surface area (Å²) >= 11 is 0. The monoisotopic (exact) mass is 386 g/mol. The van der Waals surface area contributed by atoms with Gasteiger partial charge in [0, 0.05) is 31.0 Å². The molecule has 0 saturated carbocycles. The number of likely N-dealkylation sites (tertiary alicyclic amines) is 1. The quantitative estimate of drug-likeness (QED) is 0.712. The molecule has 0 aromatic heterocycles. The molecule has 1 amide bonds. The fraction of sp³-hybridized carbons (Fsp3) is 0.529. The average molecular weight is 386 g/mol. The van der Waals surface area contributed by atoms with Crippen molar-refractivity contribution in [3.63, 3.8) is 0 Å². The zero-order chi connectivity index (χ0) is 19.3. The van der Waals surface area contributed by atoms with Gasteiger partial charge in [0.05, 0.1) is 12.9 Å². The zero-order valence-electron chi connectivity index (χ0n) is 14.6. The van der Waals surface area contributed by atoms with Gasteiger partial charge in [0.15, 0.2) is 17.3 Å². The van der Waals surface area contributed by atoms with Crippen LogP contribution >= 0.6 is 0 Å². The van der Waals surface area contributed by atoms with Gasteiger partial charge in [-0.15, -0.1) is 0 Å². The molecule has 0 bridgehead atoms. The first-order valence-electron chi connectivity index (χ1n) is 8.37. The predicted octanol–water partition coefficient (Wildman–Crippen LogP) is 1.32. The first-order chi connectivity index (χ1) is 12.2. The van der Waals surface area contributed by atoms with Gasteiger partial charge in [-0.25, -0.2) is 17.9 Å². The Bertz CT molecular complexity index is 781. The van der Waals surface area contributed by atoms with E-state index in [9.17, 15) is 22.4 Å². The van der Waals surface area contributed by atoms with E-state index in [1.165, 1.54) is 19.2 Å². The van der Waals surface area contributed by atoms with Crippen LogP contribution < -0.4 is 9.88 Å². The number of ketones is 1. The van der Waals surface area contributed by atoms with Gasteiger partial charge in [0.2, 0.25) is 15.9 Å². The Hall–Kier alpha value is -2.00. The molecule has 1 heterocycles. The van der Waals surface area contributed by atoms with Gasteiger partial charge in [-0.2, -0.15) is 0 Å². The Morgan fingerprint density at radius 2 is 2.12 bits per heavy atom. The van der Waals surface area contributed by atoms with Gasteiger partial charge in [-0.05, 0) is 37.5 Å². The third-order valence-corrected chi connectivity index (χ3v) is 5.26. The van der Waals surface area contributed by atoms with E-state index in [0.29, 0.717) is 19.4 Å². The van der Waals surface area contributed by atoms with Crippen molar-refractivity contribution in [3.05, 3.63) is 29.6 Å². The topological polar surface area (TPSA) is 107 Å². The second-order valence-corrected chi connectivity index (χ2v) is 8.10. The first-order valence-corrected chi connectivity index (χ1v) is 10.1. The number of piperidine rings is 1. The number of Topliss-reactive ketones (excluding diaryl/α,β-unsaturated/α-hetero) is 1. The number of carbonyl (C=O) groups is 2. The fourth-order valence-electron chi connectivity index (χ4n) is 3.06. The Labute approximate surface area is 152 Å². The molecule has 144 valence electrons. The van der Waals surface area contributed by atoms with Crippen molar-refractivity contribution in [2.45, 2.75) is 25.7 Å². The number of primary sulfonamides is 1. The van der Waals surface area contributed by atoms with Crippen LogP contribution in [0.4, 0.5) is 4.39 Å². The van der Waals surface area contributed by atoms with Crippen molar-refractivity contribution in [3.8, 4) is 5.75 Å². The third kappa shape index (κ3) is 5.50. The lowest BCUT2D eigenvalue weighted by Crippen LogP contribution is -2.42. The molecule has 2 N–H and O–H groups in total. The molecular formula is C17H23FN2O5S. The maximum absolute atomic E-state index is 13.8. The minimum Gasteiger partial charge on any atom is -0.494 e. The van der Waals surface area contributed by atoms with Crippen molar-refractivity contribution >= 4 is 21.7 Å². The van der Waals surface area contributed by atoms with Gasteiger partial charge >= 0.3 is 0 Å². The first kappa shape index (κ1) is 20.3. The molecule has 9 heteroatoms. The highest BCUT2D eigenvalue weighted by molar-refractivity contribution is 7.89. The lowest BCUT2D eigenvalue weighted by molar-refractivity contribution is -0.132. The highest BCUT2D eigenvalue weighted by Crippen LogP contribution is 2.24. The molecule has 2 rings (SSSR count). The molecule has 0 spiro atoms. The highest BCUT2D eigenvalue weighted by atomic mass is 32.2. The molecule has 1 aliphatic rings. The van der Waals surface area contributed by atoms with Crippen LogP contribution in [0.1, 0.15) is 36.0 Å². The molecule has 0 aliphatic carbocycles. The summed E-state index contributed by atoms with van der Waals surface area (Å²) < 4.78 is 40.5. The number of carbonyl (C=O) groups excluding carboxylic acids is 2. The number of nitrogens with zero attached hydrogens (tertiary/aromatic N) is 1. The van der Waals surface area contributed by atoms with Gasteiger partial charge in [-0.1, -0.05) is 0 Å². The molecule has 1 atom stereocenters. The number of hydrogen-bond acceptors (Lipinski definition) is 5. The van der Waals surface area contributed by atoms with Crippen LogP contribution in [0.2, 0.25) is 0 Å². The maximum Gasteiger partial charge on any atom is 0.222 e. The highest BCUT2D eigenvalue weighted by Gasteiger charge is 2.29. The van der Waals surface area contributed by atoms with Crippen molar-refractivity contribution in [1.82, 2.24) is 4.90 Å². The normalized spacial score (nSPS) is 17.8. The zero-order valence-corrected chi connectivity index (χ0v) is 15.4. The van der Waals surface area contributed by atoms with E-state index in [-0.39, 0.29) is 48.1 Å². The number of benzene rings is 1. The van der Waals surface area contributed by atoms with Crippen molar-refractivity contribution in [2.24, 2.45) is 11.1 Å². The summed E-state index contributed by atoms with van der Waals surface area (Å²) in [6.45, 7) is 0.773. The summed E-state index contributed by atoms with van der Waals surface area (Å²) in [7, 11) is -2.24. The Morgan fingerprint density at radius 1 is 1.38 bits per heavy atom. The summed E-state index contributed by atoms with van der Waals surface area (Å²) in [5.74, 6) is -1.61. The summed E-state index contributed by atoms with van der Waals surface area (Å²) in [6.07, 6.45) is 1.49. The average Bonchev–Trinajstić information content (AvgIpc) is 2.60. The third-order valence-electron chi connectivity index (χ3n) is 4.40. The SMILES string of the molecule is COc1ccc(C(=O)[C@@H]2CCCN(C(=O)CCCS(N)(=O)=O)C2)cc1F. The van der Waals surface area contributed by atoms with Crippen LogP contribution in [0.25, 0.3) is 0 Å². The molecule has 1 aromatic rings. The predicted molar refractivity (Wildman–Crippen MR) is 93.8 cm³/mol. The van der Waals surface area contributed by atoms with E-state index in [0.717, 1.165) is 6.07 Å². The van der Waals surface area contributed by atoms with Crippen LogP contribution in [0, 0.1) is 11.7 Å². The number of rotatable bonds is 7. The van der Waals surface area contributed by atoms with E-state index in [1.54, 1.807) is 4.90 Å². The Kier molecular flexibility index (Phi) is 6.71. The maximum atomic E-state index is 13.8. The number of ether oxygens (including phenoxy) is 1. The minimum absolute atomic E-state index is 0.0640. The van der Waals surface area contributed by atoms with Crippen molar-refractivity contribution in [2.75, 3.05) is 26.0 Å². The van der Waals surface area contributed by atoms with E-state index < -0.39 is 21.8 Å². The van der Waals surface area contributed by atoms with Gasteiger partial charge in [0.1, 0.15) is 0 Å². The Morgan fingerprint density at radius 3 is 2.73 bits per heavy atom. The van der Waals surface area contributed by atoms with Crippen LogP contribution in [0.5, 0.6) is 5.75 Å². The molecule has 1 aromatic carbocycles. The standard InChI is InChI=1S/C17H23FN2O5S/c1-25-15-7-6-12(10-14(15)18)17(22)13-4-2-8-20(11-13)16(21)5-3-9-26(19,23)24/h6-7,10,13H,2-5,8-9,11H2,1H3,(H2,19,23,24)/t13-/m1/s1. The number of methoxy groups -OCH3 is 1. The summed E-state index contributed by atoms with van der Waals surface area (Å²) in [4.78, 5) is 26.4. The molecule has 0 unspecified atom stereocenters.